The molecule has 1 aliphatic rings. The number of rotatable bonds is 5. The minimum atomic E-state index is 0.308. The van der Waals surface area contributed by atoms with Gasteiger partial charge in [-0.25, -0.2) is 0 Å². The summed E-state index contributed by atoms with van der Waals surface area (Å²) in [6.45, 7) is 5.02. The van der Waals surface area contributed by atoms with Gasteiger partial charge in [-0.1, -0.05) is 0 Å². The molecule has 2 atom stereocenters. The fourth-order valence-corrected chi connectivity index (χ4v) is 2.43. The van der Waals surface area contributed by atoms with Gasteiger partial charge < -0.3 is 19.5 Å². The lowest BCUT2D eigenvalue weighted by atomic mass is 10.1. The molecule has 1 aliphatic heterocycles. The monoisotopic (exact) mass is 265 g/mol. The van der Waals surface area contributed by atoms with Crippen molar-refractivity contribution < 1.29 is 14.2 Å². The first-order chi connectivity index (χ1) is 9.13. The smallest absolute Gasteiger partial charge is 0.162 e. The maximum absolute atomic E-state index is 5.81. The van der Waals surface area contributed by atoms with Crippen LogP contribution in [-0.4, -0.2) is 33.0 Å². The summed E-state index contributed by atoms with van der Waals surface area (Å²) in [4.78, 5) is 0. The van der Waals surface area contributed by atoms with Crippen LogP contribution in [0.15, 0.2) is 12.1 Å². The van der Waals surface area contributed by atoms with E-state index in [0.29, 0.717) is 12.2 Å². The van der Waals surface area contributed by atoms with Crippen molar-refractivity contribution in [1.82, 2.24) is 0 Å². The van der Waals surface area contributed by atoms with Crippen LogP contribution in [0.4, 0.5) is 5.69 Å². The van der Waals surface area contributed by atoms with Crippen molar-refractivity contribution >= 4 is 5.69 Å². The van der Waals surface area contributed by atoms with Crippen molar-refractivity contribution in [3.05, 3.63) is 17.7 Å². The zero-order valence-electron chi connectivity index (χ0n) is 12.2. The number of methoxy groups -OCH3 is 2. The maximum Gasteiger partial charge on any atom is 0.162 e. The number of hydrogen-bond donors (Lipinski definition) is 1. The van der Waals surface area contributed by atoms with E-state index in [-0.39, 0.29) is 0 Å². The van der Waals surface area contributed by atoms with Crippen molar-refractivity contribution in [3.8, 4) is 11.5 Å². The standard InChI is InChI=1S/C15H23NO3/c1-10-7-14(17-3)15(18-4)8-13(10)16-9-12-6-5-11(2)19-12/h7-8,11-12,16H,5-6,9H2,1-4H3. The Labute approximate surface area is 115 Å². The number of aryl methyl sites for hydroxylation is 1. The molecule has 0 saturated carbocycles. The first-order valence-corrected chi connectivity index (χ1v) is 6.76. The Morgan fingerprint density at radius 2 is 1.89 bits per heavy atom. The summed E-state index contributed by atoms with van der Waals surface area (Å²) in [6.07, 6.45) is 2.97. The number of hydrogen-bond acceptors (Lipinski definition) is 4. The number of ether oxygens (including phenoxy) is 3. The molecule has 0 aromatic heterocycles. The largest absolute Gasteiger partial charge is 0.493 e. The van der Waals surface area contributed by atoms with Gasteiger partial charge in [0.05, 0.1) is 26.4 Å². The molecular formula is C15H23NO3. The topological polar surface area (TPSA) is 39.7 Å². The van der Waals surface area contributed by atoms with E-state index < -0.39 is 0 Å². The number of nitrogens with one attached hydrogen (secondary N) is 1. The molecule has 0 bridgehead atoms. The summed E-state index contributed by atoms with van der Waals surface area (Å²) < 4.78 is 16.4. The van der Waals surface area contributed by atoms with Crippen molar-refractivity contribution in [1.29, 1.82) is 0 Å². The predicted octanol–water partition coefficient (Wildman–Crippen LogP) is 2.99. The molecule has 2 unspecified atom stereocenters. The molecule has 19 heavy (non-hydrogen) atoms. The van der Waals surface area contributed by atoms with Crippen molar-refractivity contribution in [3.63, 3.8) is 0 Å². The first kappa shape index (κ1) is 14.0. The van der Waals surface area contributed by atoms with Crippen LogP contribution in [0.1, 0.15) is 25.3 Å². The molecule has 1 saturated heterocycles. The molecule has 0 radical (unpaired) electrons. The van der Waals surface area contributed by atoms with E-state index in [0.717, 1.165) is 42.1 Å². The maximum atomic E-state index is 5.81. The zero-order chi connectivity index (χ0) is 13.8. The van der Waals surface area contributed by atoms with Crippen LogP contribution < -0.4 is 14.8 Å². The summed E-state index contributed by atoms with van der Waals surface area (Å²) in [5.74, 6) is 1.51. The van der Waals surface area contributed by atoms with Crippen molar-refractivity contribution in [2.24, 2.45) is 0 Å². The third kappa shape index (κ3) is 3.32. The highest BCUT2D eigenvalue weighted by molar-refractivity contribution is 5.60. The highest BCUT2D eigenvalue weighted by Crippen LogP contribution is 2.33. The van der Waals surface area contributed by atoms with Crippen LogP contribution in [0.3, 0.4) is 0 Å². The molecule has 2 rings (SSSR count). The first-order valence-electron chi connectivity index (χ1n) is 6.76. The number of anilines is 1. The third-order valence-corrected chi connectivity index (χ3v) is 3.57. The second-order valence-electron chi connectivity index (χ2n) is 5.05. The molecular weight excluding hydrogens is 242 g/mol. The van der Waals surface area contributed by atoms with Crippen LogP contribution in [0.2, 0.25) is 0 Å². The van der Waals surface area contributed by atoms with E-state index in [9.17, 15) is 0 Å². The van der Waals surface area contributed by atoms with Gasteiger partial charge in [-0.3, -0.25) is 0 Å². The minimum absolute atomic E-state index is 0.308. The van der Waals surface area contributed by atoms with Crippen molar-refractivity contribution in [2.75, 3.05) is 26.1 Å². The summed E-state index contributed by atoms with van der Waals surface area (Å²) in [7, 11) is 3.30. The molecule has 1 aromatic carbocycles. The predicted molar refractivity (Wildman–Crippen MR) is 76.3 cm³/mol. The van der Waals surface area contributed by atoms with E-state index in [1.165, 1.54) is 0 Å². The van der Waals surface area contributed by atoms with Gasteiger partial charge in [0, 0.05) is 18.3 Å². The Bertz CT molecular complexity index is 434. The van der Waals surface area contributed by atoms with Crippen LogP contribution in [0, 0.1) is 6.92 Å². The lowest BCUT2D eigenvalue weighted by Gasteiger charge is -2.17. The fourth-order valence-electron chi connectivity index (χ4n) is 2.43. The second-order valence-corrected chi connectivity index (χ2v) is 5.05. The Kier molecular flexibility index (Phi) is 4.53. The molecule has 0 amide bonds. The minimum Gasteiger partial charge on any atom is -0.493 e. The molecule has 1 N–H and O–H groups in total. The van der Waals surface area contributed by atoms with Crippen LogP contribution in [-0.2, 0) is 4.74 Å². The Balaban J connectivity index is 2.03. The molecule has 0 spiro atoms. The summed E-state index contributed by atoms with van der Waals surface area (Å²) in [6, 6.07) is 3.96. The van der Waals surface area contributed by atoms with E-state index in [4.69, 9.17) is 14.2 Å². The van der Waals surface area contributed by atoms with Gasteiger partial charge in [0.15, 0.2) is 11.5 Å². The second kappa shape index (κ2) is 6.15. The van der Waals surface area contributed by atoms with E-state index in [2.05, 4.69) is 19.2 Å². The van der Waals surface area contributed by atoms with E-state index in [1.54, 1.807) is 14.2 Å². The van der Waals surface area contributed by atoms with Crippen molar-refractivity contribution in [2.45, 2.75) is 38.9 Å². The average molecular weight is 265 g/mol. The Hall–Kier alpha value is -1.42. The van der Waals surface area contributed by atoms with E-state index in [1.807, 2.05) is 12.1 Å². The molecule has 0 aliphatic carbocycles. The Morgan fingerprint density at radius 3 is 2.47 bits per heavy atom. The van der Waals surface area contributed by atoms with Gasteiger partial charge >= 0.3 is 0 Å². The van der Waals surface area contributed by atoms with Gasteiger partial charge in [-0.05, 0) is 38.3 Å². The summed E-state index contributed by atoms with van der Waals surface area (Å²) in [5.41, 5.74) is 2.21. The average Bonchev–Trinajstić information content (AvgIpc) is 2.82. The Morgan fingerprint density at radius 1 is 1.21 bits per heavy atom. The lowest BCUT2D eigenvalue weighted by Crippen LogP contribution is -2.20. The van der Waals surface area contributed by atoms with E-state index >= 15 is 0 Å². The molecule has 4 nitrogen and oxygen atoms in total. The fraction of sp³-hybridized carbons (Fsp3) is 0.600. The molecule has 1 aromatic rings. The van der Waals surface area contributed by atoms with Gasteiger partial charge in [-0.2, -0.15) is 0 Å². The lowest BCUT2D eigenvalue weighted by molar-refractivity contribution is 0.0637. The molecule has 1 heterocycles. The van der Waals surface area contributed by atoms with Crippen LogP contribution in [0.5, 0.6) is 11.5 Å². The van der Waals surface area contributed by atoms with Crippen LogP contribution in [0.25, 0.3) is 0 Å². The van der Waals surface area contributed by atoms with Gasteiger partial charge in [-0.15, -0.1) is 0 Å². The number of benzene rings is 1. The zero-order valence-corrected chi connectivity index (χ0v) is 12.2. The van der Waals surface area contributed by atoms with Gasteiger partial charge in [0.25, 0.3) is 0 Å². The normalized spacial score (nSPS) is 22.3. The van der Waals surface area contributed by atoms with Crippen LogP contribution >= 0.6 is 0 Å². The van der Waals surface area contributed by atoms with Gasteiger partial charge in [0.2, 0.25) is 0 Å². The molecule has 4 heteroatoms. The SMILES string of the molecule is COc1cc(C)c(NCC2CCC(C)O2)cc1OC. The highest BCUT2D eigenvalue weighted by atomic mass is 16.5. The summed E-state index contributed by atoms with van der Waals surface area (Å²) >= 11 is 0. The molecule has 106 valence electrons. The highest BCUT2D eigenvalue weighted by Gasteiger charge is 2.21. The van der Waals surface area contributed by atoms with Gasteiger partial charge in [0.1, 0.15) is 0 Å². The summed E-state index contributed by atoms with van der Waals surface area (Å²) in [5, 5.41) is 3.44. The molecule has 1 fully saturated rings. The third-order valence-electron chi connectivity index (χ3n) is 3.57. The quantitative estimate of drug-likeness (QED) is 0.888.